The second-order valence-electron chi connectivity index (χ2n) is 8.01. The van der Waals surface area contributed by atoms with Crippen molar-refractivity contribution in [3.8, 4) is 0 Å². The molecule has 0 aliphatic carbocycles. The molecule has 0 aliphatic heterocycles. The van der Waals surface area contributed by atoms with Crippen LogP contribution in [0.25, 0.3) is 31.8 Å². The molecular weight excluding hydrogens is 576 g/mol. The number of rotatable bonds is 0. The quantitative estimate of drug-likeness (QED) is 0.163. The molecule has 5 aromatic carbocycles. The number of furan rings is 1. The van der Waals surface area contributed by atoms with Gasteiger partial charge in [-0.25, -0.2) is 0 Å². The predicted octanol–water partition coefficient (Wildman–Crippen LogP) is 14.9. The molecule has 0 saturated heterocycles. The highest BCUT2D eigenvalue weighted by molar-refractivity contribution is 7.17. The van der Waals surface area contributed by atoms with Gasteiger partial charge in [-0.1, -0.05) is 170 Å². The highest BCUT2D eigenvalue weighted by Gasteiger charge is 1.90. The van der Waals surface area contributed by atoms with Crippen LogP contribution in [0.2, 0.25) is 5.02 Å². The number of halogens is 1. The van der Waals surface area contributed by atoms with E-state index >= 15 is 0 Å². The van der Waals surface area contributed by atoms with Crippen LogP contribution in [0.5, 0.6) is 0 Å². The van der Waals surface area contributed by atoms with Gasteiger partial charge >= 0.3 is 0 Å². The van der Waals surface area contributed by atoms with E-state index < -0.39 is 0 Å². The molecule has 2 aromatic heterocycles. The average molecular weight is 627 g/mol. The van der Waals surface area contributed by atoms with Gasteiger partial charge in [0, 0.05) is 15.1 Å². The Morgan fingerprint density at radius 2 is 0.886 bits per heavy atom. The summed E-state index contributed by atoms with van der Waals surface area (Å²) in [6, 6.07) is 44.9. The van der Waals surface area contributed by atoms with E-state index in [4.69, 9.17) is 16.0 Å². The Morgan fingerprint density at radius 3 is 1.34 bits per heavy atom. The fourth-order valence-electron chi connectivity index (χ4n) is 3.50. The van der Waals surface area contributed by atoms with E-state index in [1.165, 1.54) is 20.9 Å². The van der Waals surface area contributed by atoms with E-state index in [0.29, 0.717) is 0 Å². The van der Waals surface area contributed by atoms with Crippen LogP contribution in [0.1, 0.15) is 61.0 Å². The molecule has 0 bridgehead atoms. The molecule has 0 spiro atoms. The topological polar surface area (TPSA) is 13.1 Å². The lowest BCUT2D eigenvalue weighted by molar-refractivity contribution is 0.616. The lowest BCUT2D eigenvalue weighted by Gasteiger charge is -1.92. The molecule has 0 saturated carbocycles. The Hall–Kier alpha value is -3.85. The van der Waals surface area contributed by atoms with Crippen LogP contribution in [0, 0.1) is 6.92 Å². The van der Waals surface area contributed by atoms with Crippen LogP contribution < -0.4 is 0 Å². The minimum Gasteiger partial charge on any atom is -0.464 e. The lowest BCUT2D eigenvalue weighted by atomic mass is 10.1. The molecule has 3 heteroatoms. The van der Waals surface area contributed by atoms with Gasteiger partial charge < -0.3 is 4.42 Å². The minimum absolute atomic E-state index is 0.840. The van der Waals surface area contributed by atoms with Crippen LogP contribution in [-0.4, -0.2) is 0 Å². The molecule has 7 rings (SSSR count). The Labute approximate surface area is 276 Å². The first-order valence-corrected chi connectivity index (χ1v) is 17.0. The summed E-state index contributed by atoms with van der Waals surface area (Å²) in [4.78, 5) is 0. The van der Waals surface area contributed by atoms with Gasteiger partial charge in [0.25, 0.3) is 0 Å². The van der Waals surface area contributed by atoms with Crippen molar-refractivity contribution < 1.29 is 4.42 Å². The predicted molar refractivity (Wildman–Crippen MR) is 204 cm³/mol. The molecule has 0 fully saturated rings. The fourth-order valence-corrected chi connectivity index (χ4v) is 4.42. The van der Waals surface area contributed by atoms with Gasteiger partial charge in [-0.05, 0) is 64.4 Å². The maximum absolute atomic E-state index is 5.71. The first kappa shape index (κ1) is 40.1. The summed E-state index contributed by atoms with van der Waals surface area (Å²) in [5, 5.41) is 8.09. The molecule has 0 radical (unpaired) electrons. The van der Waals surface area contributed by atoms with Gasteiger partial charge in [0.1, 0.15) is 5.58 Å². The highest BCUT2D eigenvalue weighted by atomic mass is 35.5. The molecular formula is C41H51ClOS. The zero-order valence-electron chi connectivity index (χ0n) is 28.1. The highest BCUT2D eigenvalue weighted by Crippen LogP contribution is 2.19. The van der Waals surface area contributed by atoms with E-state index in [1.54, 1.807) is 17.6 Å². The molecule has 44 heavy (non-hydrogen) atoms. The molecule has 0 atom stereocenters. The number of benzene rings is 5. The Morgan fingerprint density at radius 1 is 0.455 bits per heavy atom. The van der Waals surface area contributed by atoms with Crippen molar-refractivity contribution in [1.29, 1.82) is 0 Å². The van der Waals surface area contributed by atoms with Gasteiger partial charge in [0.2, 0.25) is 0 Å². The Balaban J connectivity index is 0.000000521. The van der Waals surface area contributed by atoms with Gasteiger partial charge in [-0.15, -0.1) is 11.3 Å². The van der Waals surface area contributed by atoms with Crippen LogP contribution in [-0.2, 0) is 0 Å². The van der Waals surface area contributed by atoms with Crippen LogP contribution in [0.3, 0.4) is 0 Å². The molecule has 0 unspecified atom stereocenters. The molecule has 234 valence electrons. The van der Waals surface area contributed by atoms with Gasteiger partial charge in [0.05, 0.1) is 6.26 Å². The number of para-hydroxylation sites is 1. The number of fused-ring (bicyclic) bond motifs is 3. The second-order valence-corrected chi connectivity index (χ2v) is 9.37. The molecule has 2 heterocycles. The van der Waals surface area contributed by atoms with Gasteiger partial charge in [-0.3, -0.25) is 0 Å². The largest absolute Gasteiger partial charge is 0.464 e. The number of thiophene rings is 1. The van der Waals surface area contributed by atoms with E-state index in [-0.39, 0.29) is 0 Å². The van der Waals surface area contributed by atoms with Gasteiger partial charge in [0.15, 0.2) is 0 Å². The van der Waals surface area contributed by atoms with Crippen molar-refractivity contribution in [2.24, 2.45) is 0 Å². The van der Waals surface area contributed by atoms with Crippen molar-refractivity contribution >= 4 is 54.8 Å². The van der Waals surface area contributed by atoms with Crippen LogP contribution in [0.4, 0.5) is 0 Å². The first-order valence-electron chi connectivity index (χ1n) is 15.7. The van der Waals surface area contributed by atoms with Crippen LogP contribution in [0.15, 0.2) is 150 Å². The fraction of sp³-hybridized carbons (Fsp3) is 0.220. The summed E-state index contributed by atoms with van der Waals surface area (Å²) in [6.45, 7) is 18.0. The Kier molecular flexibility index (Phi) is 24.4. The van der Waals surface area contributed by atoms with E-state index in [0.717, 1.165) is 21.6 Å². The second kappa shape index (κ2) is 26.8. The monoisotopic (exact) mass is 626 g/mol. The summed E-state index contributed by atoms with van der Waals surface area (Å²) in [7, 11) is 0. The van der Waals surface area contributed by atoms with E-state index in [1.807, 2.05) is 117 Å². The minimum atomic E-state index is 0.840. The summed E-state index contributed by atoms with van der Waals surface area (Å²) < 4.78 is 6.49. The smallest absolute Gasteiger partial charge is 0.133 e. The first-order chi connectivity index (χ1) is 21.7. The molecule has 7 aromatic rings. The molecule has 1 nitrogen and oxygen atoms in total. The zero-order valence-corrected chi connectivity index (χ0v) is 29.6. The van der Waals surface area contributed by atoms with E-state index in [9.17, 15) is 0 Å². The van der Waals surface area contributed by atoms with E-state index in [2.05, 4.69) is 84.2 Å². The molecule has 0 aliphatic rings. The maximum atomic E-state index is 5.71. The van der Waals surface area contributed by atoms with Crippen molar-refractivity contribution in [3.05, 3.63) is 156 Å². The summed E-state index contributed by atoms with van der Waals surface area (Å²) in [5.74, 6) is 0. The third kappa shape index (κ3) is 15.0. The average Bonchev–Trinajstić information content (AvgIpc) is 3.81. The number of hydrogen-bond donors (Lipinski definition) is 0. The zero-order chi connectivity index (χ0) is 33.0. The number of hydrogen-bond acceptors (Lipinski definition) is 2. The SMILES string of the molecule is CC.CC.CC.CC.Cc1ccccc1Cl.c1ccc2ccccc2c1.c1ccc2occc2c1.c1ccc2sccc2c1. The standard InChI is InChI=1S/C10H8.C8H6O.C8H6S.C7H7Cl.4C2H6/c1-2-6-10-8-4-3-7-9(10)5-1;2*1-2-4-8-7(3-1)5-6-9-8;1-6-4-2-3-5-7(6)8;4*1-2/h1-8H;2*1-6H;2-5H,1H3;4*1-2H3. The molecule has 0 amide bonds. The summed E-state index contributed by atoms with van der Waals surface area (Å²) in [6.07, 6.45) is 1.70. The van der Waals surface area contributed by atoms with Gasteiger partial charge in [-0.2, -0.15) is 0 Å². The summed E-state index contributed by atoms with van der Waals surface area (Å²) in [5.41, 5.74) is 2.09. The Bertz CT molecular complexity index is 1420. The van der Waals surface area contributed by atoms with Crippen LogP contribution >= 0.6 is 22.9 Å². The lowest BCUT2D eigenvalue weighted by Crippen LogP contribution is -1.68. The molecule has 0 N–H and O–H groups in total. The summed E-state index contributed by atoms with van der Waals surface area (Å²) >= 11 is 7.50. The van der Waals surface area contributed by atoms with Crippen molar-refractivity contribution in [3.63, 3.8) is 0 Å². The van der Waals surface area contributed by atoms with Crippen molar-refractivity contribution in [1.82, 2.24) is 0 Å². The third-order valence-corrected chi connectivity index (χ3v) is 6.78. The third-order valence-electron chi connectivity index (χ3n) is 5.46. The van der Waals surface area contributed by atoms with Crippen molar-refractivity contribution in [2.45, 2.75) is 62.3 Å². The maximum Gasteiger partial charge on any atom is 0.133 e. The van der Waals surface area contributed by atoms with Crippen molar-refractivity contribution in [2.75, 3.05) is 0 Å². The number of aryl methyl sites for hydroxylation is 1. The normalized spacial score (nSPS) is 8.68.